The highest BCUT2D eigenvalue weighted by Crippen LogP contribution is 2.19. The molecular formula is C19H22N2O3. The first-order chi connectivity index (χ1) is 11.6. The average molecular weight is 326 g/mol. The van der Waals surface area contributed by atoms with Gasteiger partial charge in [-0.25, -0.2) is 4.79 Å². The molecule has 0 unspecified atom stereocenters. The van der Waals surface area contributed by atoms with E-state index in [1.165, 1.54) is 7.11 Å². The van der Waals surface area contributed by atoms with Crippen molar-refractivity contribution >= 4 is 23.3 Å². The summed E-state index contributed by atoms with van der Waals surface area (Å²) in [6.45, 7) is 6.00. The van der Waals surface area contributed by atoms with Gasteiger partial charge in [0.1, 0.15) is 0 Å². The SMILES string of the molecule is CCN(CC)c1ccc(C(=O)Nc2ccccc2C(=O)OC)cc1. The molecule has 2 aromatic carbocycles. The Hall–Kier alpha value is -2.82. The first-order valence-corrected chi connectivity index (χ1v) is 7.94. The molecule has 0 saturated heterocycles. The van der Waals surface area contributed by atoms with Crippen molar-refractivity contribution in [2.45, 2.75) is 13.8 Å². The fourth-order valence-electron chi connectivity index (χ4n) is 2.49. The molecule has 1 N–H and O–H groups in total. The van der Waals surface area contributed by atoms with Gasteiger partial charge in [-0.1, -0.05) is 12.1 Å². The molecule has 0 aliphatic carbocycles. The lowest BCUT2D eigenvalue weighted by molar-refractivity contribution is 0.0602. The van der Waals surface area contributed by atoms with Crippen molar-refractivity contribution in [2.24, 2.45) is 0 Å². The normalized spacial score (nSPS) is 10.1. The predicted octanol–water partition coefficient (Wildman–Crippen LogP) is 3.57. The van der Waals surface area contributed by atoms with Gasteiger partial charge in [-0.2, -0.15) is 0 Å². The van der Waals surface area contributed by atoms with E-state index < -0.39 is 5.97 Å². The molecule has 24 heavy (non-hydrogen) atoms. The van der Waals surface area contributed by atoms with Crippen LogP contribution in [0.1, 0.15) is 34.6 Å². The van der Waals surface area contributed by atoms with E-state index in [4.69, 9.17) is 4.74 Å². The van der Waals surface area contributed by atoms with Crippen LogP contribution in [-0.2, 0) is 4.74 Å². The van der Waals surface area contributed by atoms with E-state index in [-0.39, 0.29) is 5.91 Å². The molecule has 0 heterocycles. The van der Waals surface area contributed by atoms with E-state index in [0.717, 1.165) is 18.8 Å². The molecule has 0 bridgehead atoms. The summed E-state index contributed by atoms with van der Waals surface area (Å²) in [6, 6.07) is 14.2. The number of amides is 1. The zero-order valence-corrected chi connectivity index (χ0v) is 14.2. The third-order valence-corrected chi connectivity index (χ3v) is 3.84. The predicted molar refractivity (Wildman–Crippen MR) is 95.7 cm³/mol. The van der Waals surface area contributed by atoms with Crippen molar-refractivity contribution in [1.29, 1.82) is 0 Å². The topological polar surface area (TPSA) is 58.6 Å². The Balaban J connectivity index is 2.17. The van der Waals surface area contributed by atoms with Crippen LogP contribution in [0, 0.1) is 0 Å². The first kappa shape index (κ1) is 17.5. The lowest BCUT2D eigenvalue weighted by Crippen LogP contribution is -2.22. The average Bonchev–Trinajstić information content (AvgIpc) is 2.63. The van der Waals surface area contributed by atoms with Crippen LogP contribution in [0.3, 0.4) is 0 Å². The Kier molecular flexibility index (Phi) is 5.95. The molecular weight excluding hydrogens is 304 g/mol. The maximum Gasteiger partial charge on any atom is 0.339 e. The Bertz CT molecular complexity index is 707. The van der Waals surface area contributed by atoms with Gasteiger partial charge in [-0.15, -0.1) is 0 Å². The Labute approximate surface area is 142 Å². The Morgan fingerprint density at radius 2 is 1.62 bits per heavy atom. The van der Waals surface area contributed by atoms with Crippen LogP contribution in [0.4, 0.5) is 11.4 Å². The highest BCUT2D eigenvalue weighted by molar-refractivity contribution is 6.08. The maximum atomic E-state index is 12.4. The number of nitrogens with zero attached hydrogens (tertiary/aromatic N) is 1. The third kappa shape index (κ3) is 3.93. The molecule has 0 atom stereocenters. The van der Waals surface area contributed by atoms with Crippen molar-refractivity contribution < 1.29 is 14.3 Å². The lowest BCUT2D eigenvalue weighted by atomic mass is 10.1. The van der Waals surface area contributed by atoms with Crippen molar-refractivity contribution in [3.8, 4) is 0 Å². The minimum absolute atomic E-state index is 0.266. The lowest BCUT2D eigenvalue weighted by Gasteiger charge is -2.21. The summed E-state index contributed by atoms with van der Waals surface area (Å²) >= 11 is 0. The Morgan fingerprint density at radius 1 is 1.00 bits per heavy atom. The summed E-state index contributed by atoms with van der Waals surface area (Å²) in [5, 5.41) is 2.77. The molecule has 0 spiro atoms. The van der Waals surface area contributed by atoms with Crippen LogP contribution >= 0.6 is 0 Å². The molecule has 0 aliphatic heterocycles. The fourth-order valence-corrected chi connectivity index (χ4v) is 2.49. The van der Waals surface area contributed by atoms with Gasteiger partial charge in [0.25, 0.3) is 5.91 Å². The first-order valence-electron chi connectivity index (χ1n) is 7.94. The van der Waals surface area contributed by atoms with Crippen molar-refractivity contribution in [3.05, 3.63) is 59.7 Å². The number of para-hydroxylation sites is 1. The number of benzene rings is 2. The monoisotopic (exact) mass is 326 g/mol. The van der Waals surface area contributed by atoms with Crippen LogP contribution in [0.25, 0.3) is 0 Å². The number of methoxy groups -OCH3 is 1. The number of rotatable bonds is 6. The minimum atomic E-state index is -0.484. The highest BCUT2D eigenvalue weighted by atomic mass is 16.5. The van der Waals surface area contributed by atoms with E-state index in [9.17, 15) is 9.59 Å². The van der Waals surface area contributed by atoms with Gasteiger partial charge in [0, 0.05) is 24.3 Å². The number of carbonyl (C=O) groups excluding carboxylic acids is 2. The zero-order valence-electron chi connectivity index (χ0n) is 14.2. The van der Waals surface area contributed by atoms with Gasteiger partial charge in [0.2, 0.25) is 0 Å². The summed E-state index contributed by atoms with van der Waals surface area (Å²) < 4.78 is 4.74. The van der Waals surface area contributed by atoms with Crippen LogP contribution in [0.15, 0.2) is 48.5 Å². The largest absolute Gasteiger partial charge is 0.465 e. The van der Waals surface area contributed by atoms with Crippen molar-refractivity contribution in [1.82, 2.24) is 0 Å². The molecule has 5 heteroatoms. The van der Waals surface area contributed by atoms with Gasteiger partial charge in [0.15, 0.2) is 0 Å². The van der Waals surface area contributed by atoms with E-state index >= 15 is 0 Å². The number of ether oxygens (including phenoxy) is 1. The third-order valence-electron chi connectivity index (χ3n) is 3.84. The molecule has 126 valence electrons. The number of hydrogen-bond donors (Lipinski definition) is 1. The van der Waals surface area contributed by atoms with E-state index in [1.54, 1.807) is 36.4 Å². The van der Waals surface area contributed by atoms with Gasteiger partial charge in [-0.3, -0.25) is 4.79 Å². The molecule has 0 fully saturated rings. The molecule has 5 nitrogen and oxygen atoms in total. The molecule has 0 aromatic heterocycles. The molecule has 2 rings (SSSR count). The van der Waals surface area contributed by atoms with Crippen molar-refractivity contribution in [2.75, 3.05) is 30.4 Å². The van der Waals surface area contributed by atoms with Crippen molar-refractivity contribution in [3.63, 3.8) is 0 Å². The number of esters is 1. The number of anilines is 2. The number of hydrogen-bond acceptors (Lipinski definition) is 4. The summed E-state index contributed by atoms with van der Waals surface area (Å²) in [5.74, 6) is -0.750. The van der Waals surface area contributed by atoms with Gasteiger partial charge in [-0.05, 0) is 50.2 Å². The van der Waals surface area contributed by atoms with E-state index in [0.29, 0.717) is 16.8 Å². The van der Waals surface area contributed by atoms with E-state index in [2.05, 4.69) is 24.1 Å². The molecule has 0 saturated carbocycles. The quantitative estimate of drug-likeness (QED) is 0.825. The summed E-state index contributed by atoms with van der Waals surface area (Å²) in [4.78, 5) is 26.4. The molecule has 2 aromatic rings. The number of carbonyl (C=O) groups is 2. The molecule has 1 amide bonds. The standard InChI is InChI=1S/C19H22N2O3/c1-4-21(5-2)15-12-10-14(11-13-15)18(22)20-17-9-7-6-8-16(17)19(23)24-3/h6-13H,4-5H2,1-3H3,(H,20,22). The highest BCUT2D eigenvalue weighted by Gasteiger charge is 2.14. The van der Waals surface area contributed by atoms with Gasteiger partial charge < -0.3 is 15.0 Å². The van der Waals surface area contributed by atoms with Crippen LogP contribution in [0.2, 0.25) is 0 Å². The second-order valence-electron chi connectivity index (χ2n) is 5.21. The van der Waals surface area contributed by atoms with Gasteiger partial charge >= 0.3 is 5.97 Å². The Morgan fingerprint density at radius 3 is 2.21 bits per heavy atom. The van der Waals surface area contributed by atoms with Crippen LogP contribution in [-0.4, -0.2) is 32.1 Å². The second-order valence-corrected chi connectivity index (χ2v) is 5.21. The molecule has 0 radical (unpaired) electrons. The maximum absolute atomic E-state index is 12.4. The minimum Gasteiger partial charge on any atom is -0.465 e. The van der Waals surface area contributed by atoms with Gasteiger partial charge in [0.05, 0.1) is 18.4 Å². The summed E-state index contributed by atoms with van der Waals surface area (Å²) in [6.07, 6.45) is 0. The summed E-state index contributed by atoms with van der Waals surface area (Å²) in [5.41, 5.74) is 2.37. The van der Waals surface area contributed by atoms with E-state index in [1.807, 2.05) is 12.1 Å². The smallest absolute Gasteiger partial charge is 0.339 e. The van der Waals surface area contributed by atoms with Crippen LogP contribution < -0.4 is 10.2 Å². The fraction of sp³-hybridized carbons (Fsp3) is 0.263. The molecule has 0 aliphatic rings. The zero-order chi connectivity index (χ0) is 17.5. The van der Waals surface area contributed by atoms with Crippen LogP contribution in [0.5, 0.6) is 0 Å². The summed E-state index contributed by atoms with van der Waals surface area (Å²) in [7, 11) is 1.31. The number of nitrogens with one attached hydrogen (secondary N) is 1. The second kappa shape index (κ2) is 8.15.